The third-order valence-electron chi connectivity index (χ3n) is 6.13. The maximum atomic E-state index is 12.8. The molecule has 0 aromatic carbocycles. The van der Waals surface area contributed by atoms with Gasteiger partial charge in [-0.05, 0) is 38.5 Å². The number of piperidine rings is 1. The molecule has 2 saturated heterocycles. The Labute approximate surface area is 145 Å². The quantitative estimate of drug-likeness (QED) is 0.781. The fraction of sp³-hybridized carbons (Fsp3) is 0.842. The van der Waals surface area contributed by atoms with Gasteiger partial charge in [-0.3, -0.25) is 9.59 Å². The standard InChI is InChI=1S/C19H29N3O2/c20-15-19(9-3-4-10-19)18(24)22-13-7-16(8-14-22)17(23)21-11-5-1-2-6-12-21/h16H,1-14H2. The molecule has 132 valence electrons. The number of hydrogen-bond acceptors (Lipinski definition) is 3. The Hall–Kier alpha value is -1.57. The summed E-state index contributed by atoms with van der Waals surface area (Å²) in [6.45, 7) is 3.06. The van der Waals surface area contributed by atoms with Gasteiger partial charge in [0, 0.05) is 32.1 Å². The van der Waals surface area contributed by atoms with Crippen molar-refractivity contribution in [3.8, 4) is 6.07 Å². The van der Waals surface area contributed by atoms with Crippen LogP contribution in [0.2, 0.25) is 0 Å². The van der Waals surface area contributed by atoms with Crippen LogP contribution in [0.1, 0.15) is 64.2 Å². The zero-order valence-electron chi connectivity index (χ0n) is 14.6. The summed E-state index contributed by atoms with van der Waals surface area (Å²) in [5, 5.41) is 9.50. The first-order chi connectivity index (χ1) is 11.7. The van der Waals surface area contributed by atoms with Gasteiger partial charge in [0.2, 0.25) is 11.8 Å². The highest BCUT2D eigenvalue weighted by Gasteiger charge is 2.45. The van der Waals surface area contributed by atoms with Gasteiger partial charge < -0.3 is 9.80 Å². The summed E-state index contributed by atoms with van der Waals surface area (Å²) >= 11 is 0. The Bertz CT molecular complexity index is 503. The van der Waals surface area contributed by atoms with E-state index >= 15 is 0 Å². The molecular formula is C19H29N3O2. The van der Waals surface area contributed by atoms with Gasteiger partial charge in [-0.1, -0.05) is 25.7 Å². The molecule has 0 bridgehead atoms. The summed E-state index contributed by atoms with van der Waals surface area (Å²) < 4.78 is 0. The van der Waals surface area contributed by atoms with Gasteiger partial charge >= 0.3 is 0 Å². The van der Waals surface area contributed by atoms with E-state index in [0.29, 0.717) is 31.8 Å². The molecule has 2 heterocycles. The molecule has 0 aromatic heterocycles. The predicted octanol–water partition coefficient (Wildman–Crippen LogP) is 2.71. The summed E-state index contributed by atoms with van der Waals surface area (Å²) in [6.07, 6.45) is 9.56. The number of carbonyl (C=O) groups excluding carboxylic acids is 2. The minimum Gasteiger partial charge on any atom is -0.342 e. The number of nitriles is 1. The largest absolute Gasteiger partial charge is 0.342 e. The van der Waals surface area contributed by atoms with Crippen LogP contribution < -0.4 is 0 Å². The smallest absolute Gasteiger partial charge is 0.243 e. The average Bonchev–Trinajstić information content (AvgIpc) is 2.96. The SMILES string of the molecule is N#CC1(C(=O)N2CCC(C(=O)N3CCCCCC3)CC2)CCCC1. The van der Waals surface area contributed by atoms with Crippen molar-refractivity contribution >= 4 is 11.8 Å². The molecule has 2 amide bonds. The molecule has 3 rings (SSSR count). The highest BCUT2D eigenvalue weighted by atomic mass is 16.2. The second-order valence-electron chi connectivity index (χ2n) is 7.71. The van der Waals surface area contributed by atoms with E-state index in [2.05, 4.69) is 6.07 Å². The second-order valence-corrected chi connectivity index (χ2v) is 7.71. The van der Waals surface area contributed by atoms with Crippen LogP contribution in [0.25, 0.3) is 0 Å². The third kappa shape index (κ3) is 3.43. The maximum Gasteiger partial charge on any atom is 0.243 e. The van der Waals surface area contributed by atoms with Gasteiger partial charge in [0.25, 0.3) is 0 Å². The third-order valence-corrected chi connectivity index (χ3v) is 6.13. The van der Waals surface area contributed by atoms with Gasteiger partial charge in [-0.25, -0.2) is 0 Å². The monoisotopic (exact) mass is 331 g/mol. The Morgan fingerprint density at radius 3 is 1.96 bits per heavy atom. The number of likely N-dealkylation sites (tertiary alicyclic amines) is 2. The van der Waals surface area contributed by atoms with Crippen molar-refractivity contribution in [1.82, 2.24) is 9.80 Å². The van der Waals surface area contributed by atoms with E-state index in [1.807, 2.05) is 9.80 Å². The lowest BCUT2D eigenvalue weighted by atomic mass is 9.85. The molecule has 5 nitrogen and oxygen atoms in total. The van der Waals surface area contributed by atoms with Gasteiger partial charge in [-0.2, -0.15) is 5.26 Å². The second kappa shape index (κ2) is 7.55. The van der Waals surface area contributed by atoms with E-state index in [1.165, 1.54) is 12.8 Å². The molecule has 24 heavy (non-hydrogen) atoms. The van der Waals surface area contributed by atoms with Crippen molar-refractivity contribution in [2.24, 2.45) is 11.3 Å². The van der Waals surface area contributed by atoms with Crippen LogP contribution in [0, 0.1) is 22.7 Å². The van der Waals surface area contributed by atoms with Gasteiger partial charge in [0.15, 0.2) is 0 Å². The van der Waals surface area contributed by atoms with Crippen molar-refractivity contribution in [2.75, 3.05) is 26.2 Å². The maximum absolute atomic E-state index is 12.8. The fourth-order valence-corrected chi connectivity index (χ4v) is 4.53. The minimum atomic E-state index is -0.776. The Morgan fingerprint density at radius 2 is 1.42 bits per heavy atom. The van der Waals surface area contributed by atoms with Gasteiger partial charge in [0.05, 0.1) is 6.07 Å². The minimum absolute atomic E-state index is 0.0168. The number of rotatable bonds is 2. The fourth-order valence-electron chi connectivity index (χ4n) is 4.53. The number of carbonyl (C=O) groups is 2. The van der Waals surface area contributed by atoms with Crippen molar-refractivity contribution in [3.05, 3.63) is 0 Å². The summed E-state index contributed by atoms with van der Waals surface area (Å²) in [7, 11) is 0. The van der Waals surface area contributed by atoms with Crippen LogP contribution in [0.5, 0.6) is 0 Å². The summed E-state index contributed by atoms with van der Waals surface area (Å²) in [5.41, 5.74) is -0.776. The van der Waals surface area contributed by atoms with E-state index in [-0.39, 0.29) is 11.8 Å². The first-order valence-electron chi connectivity index (χ1n) is 9.66. The Balaban J connectivity index is 1.54. The predicted molar refractivity (Wildman–Crippen MR) is 90.9 cm³/mol. The normalized spacial score (nSPS) is 25.1. The average molecular weight is 331 g/mol. The van der Waals surface area contributed by atoms with Crippen LogP contribution in [0.3, 0.4) is 0 Å². The summed E-state index contributed by atoms with van der Waals surface area (Å²) in [5.74, 6) is 0.372. The summed E-state index contributed by atoms with van der Waals surface area (Å²) in [4.78, 5) is 29.4. The molecule has 0 N–H and O–H groups in total. The first-order valence-corrected chi connectivity index (χ1v) is 9.66. The van der Waals surface area contributed by atoms with Crippen molar-refractivity contribution in [2.45, 2.75) is 64.2 Å². The van der Waals surface area contributed by atoms with Crippen molar-refractivity contribution in [3.63, 3.8) is 0 Å². The van der Waals surface area contributed by atoms with Crippen LogP contribution in [0.4, 0.5) is 0 Å². The molecule has 0 aromatic rings. The molecule has 0 radical (unpaired) electrons. The molecule has 3 fully saturated rings. The zero-order chi connectivity index (χ0) is 17.0. The molecule has 5 heteroatoms. The Kier molecular flexibility index (Phi) is 5.43. The lowest BCUT2D eigenvalue weighted by Gasteiger charge is -2.36. The molecule has 3 aliphatic rings. The number of amides is 2. The van der Waals surface area contributed by atoms with E-state index < -0.39 is 5.41 Å². The summed E-state index contributed by atoms with van der Waals surface area (Å²) in [6, 6.07) is 2.30. The van der Waals surface area contributed by atoms with Crippen LogP contribution in [-0.2, 0) is 9.59 Å². The molecule has 0 spiro atoms. The van der Waals surface area contributed by atoms with E-state index in [1.54, 1.807) is 0 Å². The van der Waals surface area contributed by atoms with Crippen LogP contribution in [0.15, 0.2) is 0 Å². The number of nitrogens with zero attached hydrogens (tertiary/aromatic N) is 3. The van der Waals surface area contributed by atoms with Crippen LogP contribution >= 0.6 is 0 Å². The lowest BCUT2D eigenvalue weighted by Crippen LogP contribution is -2.48. The first kappa shape index (κ1) is 17.3. The topological polar surface area (TPSA) is 64.4 Å². The highest BCUT2D eigenvalue weighted by molar-refractivity contribution is 5.86. The molecular weight excluding hydrogens is 302 g/mol. The molecule has 0 atom stereocenters. The van der Waals surface area contributed by atoms with Gasteiger partial charge in [0.1, 0.15) is 5.41 Å². The number of hydrogen-bond donors (Lipinski definition) is 0. The zero-order valence-corrected chi connectivity index (χ0v) is 14.6. The van der Waals surface area contributed by atoms with Gasteiger partial charge in [-0.15, -0.1) is 0 Å². The lowest BCUT2D eigenvalue weighted by molar-refractivity contribution is -0.144. The van der Waals surface area contributed by atoms with Crippen molar-refractivity contribution < 1.29 is 9.59 Å². The molecule has 1 saturated carbocycles. The van der Waals surface area contributed by atoms with Crippen LogP contribution in [-0.4, -0.2) is 47.8 Å². The molecule has 0 unspecified atom stereocenters. The molecule has 2 aliphatic heterocycles. The Morgan fingerprint density at radius 1 is 0.833 bits per heavy atom. The van der Waals surface area contributed by atoms with Crippen molar-refractivity contribution in [1.29, 1.82) is 5.26 Å². The molecule has 1 aliphatic carbocycles. The van der Waals surface area contributed by atoms with E-state index in [4.69, 9.17) is 0 Å². The van der Waals surface area contributed by atoms with E-state index in [9.17, 15) is 14.9 Å². The van der Waals surface area contributed by atoms with E-state index in [0.717, 1.165) is 51.6 Å². The highest BCUT2D eigenvalue weighted by Crippen LogP contribution is 2.40.